The van der Waals surface area contributed by atoms with E-state index in [1.54, 1.807) is 23.6 Å². The molecule has 2 heterocycles. The van der Waals surface area contributed by atoms with Crippen LogP contribution in [-0.2, 0) is 0 Å². The molecule has 16 heavy (non-hydrogen) atoms. The van der Waals surface area contributed by atoms with E-state index in [1.165, 1.54) is 0 Å². The van der Waals surface area contributed by atoms with E-state index in [-0.39, 0.29) is 5.69 Å². The molecule has 0 amide bonds. The molecule has 1 aromatic carbocycles. The van der Waals surface area contributed by atoms with E-state index in [0.717, 1.165) is 20.2 Å². The number of carboxylic acid groups (broad SMARTS) is 1. The smallest absolute Gasteiger partial charge is 0.354 e. The van der Waals surface area contributed by atoms with Crippen LogP contribution in [0.3, 0.4) is 0 Å². The molecule has 0 aliphatic heterocycles. The number of carboxylic acids is 1. The Kier molecular flexibility index (Phi) is 1.91. The quantitative estimate of drug-likeness (QED) is 0.697. The summed E-state index contributed by atoms with van der Waals surface area (Å²) < 4.78 is 2.17. The van der Waals surface area contributed by atoms with Crippen molar-refractivity contribution < 1.29 is 9.90 Å². The number of carbonyl (C=O) groups is 1. The number of fused-ring (bicyclic) bond motifs is 3. The van der Waals surface area contributed by atoms with Crippen LogP contribution in [0, 0.1) is 0 Å². The maximum absolute atomic E-state index is 10.8. The zero-order valence-electron chi connectivity index (χ0n) is 8.18. The molecule has 3 nitrogen and oxygen atoms in total. The molecule has 0 aliphatic carbocycles. The van der Waals surface area contributed by atoms with Crippen LogP contribution in [0.5, 0.6) is 0 Å². The second-order valence-corrected chi connectivity index (χ2v) is 4.55. The number of rotatable bonds is 1. The van der Waals surface area contributed by atoms with Gasteiger partial charge in [0.15, 0.2) is 0 Å². The summed E-state index contributed by atoms with van der Waals surface area (Å²) >= 11 is 1.63. The largest absolute Gasteiger partial charge is 0.477 e. The number of aromatic carboxylic acids is 1. The molecule has 0 unspecified atom stereocenters. The average Bonchev–Trinajstić information content (AvgIpc) is 2.66. The average molecular weight is 229 g/mol. The highest BCUT2D eigenvalue weighted by Gasteiger charge is 2.09. The fraction of sp³-hybridized carbons (Fsp3) is 0. The molecule has 0 atom stereocenters. The van der Waals surface area contributed by atoms with Crippen LogP contribution in [0.4, 0.5) is 0 Å². The molecule has 0 saturated heterocycles. The Morgan fingerprint density at radius 2 is 2.00 bits per heavy atom. The van der Waals surface area contributed by atoms with Crippen molar-refractivity contribution in [3.05, 3.63) is 42.2 Å². The highest BCUT2D eigenvalue weighted by molar-refractivity contribution is 7.25. The minimum Gasteiger partial charge on any atom is -0.477 e. The summed E-state index contributed by atoms with van der Waals surface area (Å²) in [7, 11) is 0. The van der Waals surface area contributed by atoms with Crippen molar-refractivity contribution in [2.24, 2.45) is 0 Å². The fourth-order valence-electron chi connectivity index (χ4n) is 1.75. The summed E-state index contributed by atoms with van der Waals surface area (Å²) in [5.41, 5.74) is 0.0936. The molecule has 0 fully saturated rings. The van der Waals surface area contributed by atoms with Crippen molar-refractivity contribution in [2.75, 3.05) is 0 Å². The van der Waals surface area contributed by atoms with Crippen LogP contribution in [0.25, 0.3) is 20.2 Å². The first-order chi connectivity index (χ1) is 7.75. The fourth-order valence-corrected chi connectivity index (χ4v) is 2.80. The Morgan fingerprint density at radius 1 is 1.19 bits per heavy atom. The van der Waals surface area contributed by atoms with Gasteiger partial charge < -0.3 is 5.11 Å². The van der Waals surface area contributed by atoms with Gasteiger partial charge in [-0.15, -0.1) is 11.3 Å². The lowest BCUT2D eigenvalue weighted by atomic mass is 10.1. The van der Waals surface area contributed by atoms with Crippen molar-refractivity contribution in [1.29, 1.82) is 0 Å². The van der Waals surface area contributed by atoms with Gasteiger partial charge in [0, 0.05) is 21.7 Å². The van der Waals surface area contributed by atoms with Gasteiger partial charge in [0.25, 0.3) is 0 Å². The molecular weight excluding hydrogens is 222 g/mol. The number of thiophene rings is 1. The molecule has 1 N–H and O–H groups in total. The summed E-state index contributed by atoms with van der Waals surface area (Å²) in [6, 6.07) is 9.59. The van der Waals surface area contributed by atoms with Crippen molar-refractivity contribution in [1.82, 2.24) is 4.98 Å². The van der Waals surface area contributed by atoms with Gasteiger partial charge in [0.1, 0.15) is 5.69 Å². The molecule has 0 aliphatic rings. The normalized spacial score (nSPS) is 11.0. The second-order valence-electron chi connectivity index (χ2n) is 3.47. The lowest BCUT2D eigenvalue weighted by molar-refractivity contribution is 0.0691. The van der Waals surface area contributed by atoms with E-state index in [0.29, 0.717) is 0 Å². The number of hydrogen-bond acceptors (Lipinski definition) is 3. The lowest BCUT2D eigenvalue weighted by Gasteiger charge is -1.94. The van der Waals surface area contributed by atoms with E-state index in [9.17, 15) is 4.79 Å². The monoisotopic (exact) mass is 229 g/mol. The molecule has 2 aromatic heterocycles. The topological polar surface area (TPSA) is 50.2 Å². The van der Waals surface area contributed by atoms with Gasteiger partial charge in [0.2, 0.25) is 0 Å². The van der Waals surface area contributed by atoms with E-state index in [1.807, 2.05) is 24.3 Å². The summed E-state index contributed by atoms with van der Waals surface area (Å²) in [6.07, 6.45) is 1.63. The number of nitrogens with zero attached hydrogens (tertiary/aromatic N) is 1. The first kappa shape index (κ1) is 9.30. The van der Waals surface area contributed by atoms with Crippen LogP contribution in [0.2, 0.25) is 0 Å². The number of hydrogen-bond donors (Lipinski definition) is 1. The molecule has 3 aromatic rings. The Morgan fingerprint density at radius 3 is 2.81 bits per heavy atom. The van der Waals surface area contributed by atoms with Gasteiger partial charge in [-0.05, 0) is 12.1 Å². The molecule has 0 spiro atoms. The maximum atomic E-state index is 10.8. The Labute approximate surface area is 95.0 Å². The van der Waals surface area contributed by atoms with Gasteiger partial charge in [-0.2, -0.15) is 0 Å². The molecular formula is C12H7NO2S. The van der Waals surface area contributed by atoms with Gasteiger partial charge >= 0.3 is 5.97 Å². The van der Waals surface area contributed by atoms with Gasteiger partial charge in [0.05, 0.1) is 4.70 Å². The van der Waals surface area contributed by atoms with Crippen LogP contribution >= 0.6 is 11.3 Å². The first-order valence-corrected chi connectivity index (χ1v) is 5.58. The van der Waals surface area contributed by atoms with Crippen LogP contribution in [-0.4, -0.2) is 16.1 Å². The van der Waals surface area contributed by atoms with Crippen LogP contribution in [0.1, 0.15) is 10.5 Å². The number of aromatic nitrogens is 1. The summed E-state index contributed by atoms with van der Waals surface area (Å²) in [5, 5.41) is 11.0. The lowest BCUT2D eigenvalue weighted by Crippen LogP contribution is -1.98. The molecule has 0 radical (unpaired) electrons. The Balaban J connectivity index is 2.44. The number of pyridine rings is 1. The highest BCUT2D eigenvalue weighted by Crippen LogP contribution is 2.33. The summed E-state index contributed by atoms with van der Waals surface area (Å²) in [4.78, 5) is 14.8. The third kappa shape index (κ3) is 1.27. The summed E-state index contributed by atoms with van der Waals surface area (Å²) in [6.45, 7) is 0. The third-order valence-electron chi connectivity index (χ3n) is 2.48. The maximum Gasteiger partial charge on any atom is 0.354 e. The molecule has 0 saturated carbocycles. The zero-order chi connectivity index (χ0) is 11.1. The number of benzene rings is 1. The van der Waals surface area contributed by atoms with E-state index < -0.39 is 5.97 Å². The SMILES string of the molecule is O=C(O)c1cc2c(cn1)sc1ccccc12. The minimum absolute atomic E-state index is 0.0936. The van der Waals surface area contributed by atoms with Crippen molar-refractivity contribution in [3.8, 4) is 0 Å². The Bertz CT molecular complexity index is 702. The van der Waals surface area contributed by atoms with E-state index in [4.69, 9.17) is 5.11 Å². The minimum atomic E-state index is -0.989. The zero-order valence-corrected chi connectivity index (χ0v) is 8.99. The van der Waals surface area contributed by atoms with Crippen molar-refractivity contribution >= 4 is 37.5 Å². The molecule has 0 bridgehead atoms. The highest BCUT2D eigenvalue weighted by atomic mass is 32.1. The standard InChI is InChI=1S/C12H7NO2S/c14-12(15)9-5-8-7-3-1-2-4-10(7)16-11(8)6-13-9/h1-6H,(H,14,15). The van der Waals surface area contributed by atoms with Crippen LogP contribution in [0.15, 0.2) is 36.5 Å². The molecule has 78 valence electrons. The second kappa shape index (κ2) is 3.28. The molecule has 4 heteroatoms. The predicted octanol–water partition coefficient (Wildman–Crippen LogP) is 3.15. The van der Waals surface area contributed by atoms with Crippen molar-refractivity contribution in [2.45, 2.75) is 0 Å². The Hall–Kier alpha value is -1.94. The van der Waals surface area contributed by atoms with Gasteiger partial charge in [-0.3, -0.25) is 0 Å². The van der Waals surface area contributed by atoms with Gasteiger partial charge in [-0.1, -0.05) is 18.2 Å². The summed E-state index contributed by atoms with van der Waals surface area (Å²) in [5.74, 6) is -0.989. The van der Waals surface area contributed by atoms with E-state index in [2.05, 4.69) is 4.98 Å². The van der Waals surface area contributed by atoms with Gasteiger partial charge in [-0.25, -0.2) is 9.78 Å². The van der Waals surface area contributed by atoms with Crippen LogP contribution < -0.4 is 0 Å². The first-order valence-electron chi connectivity index (χ1n) is 4.76. The van der Waals surface area contributed by atoms with E-state index >= 15 is 0 Å². The van der Waals surface area contributed by atoms with Crippen molar-refractivity contribution in [3.63, 3.8) is 0 Å². The third-order valence-corrected chi connectivity index (χ3v) is 3.60. The predicted molar refractivity (Wildman–Crippen MR) is 64.1 cm³/mol. The molecule has 3 rings (SSSR count).